The summed E-state index contributed by atoms with van der Waals surface area (Å²) in [5.41, 5.74) is -0.899. The molecule has 0 bridgehead atoms. The second-order valence-corrected chi connectivity index (χ2v) is 6.69. The highest BCUT2D eigenvalue weighted by Crippen LogP contribution is 2.32. The van der Waals surface area contributed by atoms with E-state index in [1.165, 1.54) is 32.4 Å². The molecule has 0 saturated heterocycles. The third-order valence-corrected chi connectivity index (χ3v) is 4.94. The van der Waals surface area contributed by atoms with E-state index >= 15 is 0 Å². The predicted molar refractivity (Wildman–Crippen MR) is 73.5 cm³/mol. The first-order valence-electron chi connectivity index (χ1n) is 6.34. The smallest absolute Gasteiger partial charge is 0.240 e. The molecule has 112 valence electrons. The standard InChI is InChI=1S/C13H19NO5S/c1-18-11-5-4-10(8-12(11)19-2)20(16,17)14-9-13(15)6-3-7-13/h4-5,8,14-15H,3,6-7,9H2,1-2H3. The minimum absolute atomic E-state index is 0.0314. The van der Waals surface area contributed by atoms with Gasteiger partial charge >= 0.3 is 0 Å². The zero-order valence-corrected chi connectivity index (χ0v) is 12.4. The van der Waals surface area contributed by atoms with Crippen molar-refractivity contribution in [3.63, 3.8) is 0 Å². The number of ether oxygens (including phenoxy) is 2. The molecule has 0 heterocycles. The molecule has 6 nitrogen and oxygen atoms in total. The van der Waals surface area contributed by atoms with E-state index in [1.807, 2.05) is 0 Å². The summed E-state index contributed by atoms with van der Waals surface area (Å²) in [4.78, 5) is 0.0815. The Bertz CT molecular complexity index is 580. The third-order valence-electron chi connectivity index (χ3n) is 3.54. The minimum Gasteiger partial charge on any atom is -0.493 e. The number of rotatable bonds is 6. The largest absolute Gasteiger partial charge is 0.493 e. The average Bonchev–Trinajstić information content (AvgIpc) is 2.42. The van der Waals surface area contributed by atoms with Gasteiger partial charge in [-0.3, -0.25) is 0 Å². The van der Waals surface area contributed by atoms with Gasteiger partial charge in [0, 0.05) is 12.6 Å². The Labute approximate surface area is 118 Å². The normalized spacial score (nSPS) is 17.4. The molecule has 1 fully saturated rings. The zero-order chi connectivity index (χ0) is 14.8. The van der Waals surface area contributed by atoms with Crippen LogP contribution in [0.1, 0.15) is 19.3 Å². The Kier molecular flexibility index (Phi) is 4.22. The molecule has 1 aliphatic carbocycles. The Hall–Kier alpha value is -1.31. The molecular weight excluding hydrogens is 282 g/mol. The van der Waals surface area contributed by atoms with E-state index in [0.717, 1.165) is 6.42 Å². The van der Waals surface area contributed by atoms with Crippen LogP contribution in [-0.4, -0.2) is 39.9 Å². The molecule has 20 heavy (non-hydrogen) atoms. The second-order valence-electron chi connectivity index (χ2n) is 4.92. The lowest BCUT2D eigenvalue weighted by Gasteiger charge is -2.36. The Morgan fingerprint density at radius 2 is 1.90 bits per heavy atom. The summed E-state index contributed by atoms with van der Waals surface area (Å²) in [6, 6.07) is 4.37. The van der Waals surface area contributed by atoms with E-state index in [4.69, 9.17) is 9.47 Å². The summed E-state index contributed by atoms with van der Waals surface area (Å²) in [5.74, 6) is 0.807. The van der Waals surface area contributed by atoms with Crippen molar-refractivity contribution < 1.29 is 23.0 Å². The van der Waals surface area contributed by atoms with Gasteiger partial charge in [-0.2, -0.15) is 0 Å². The lowest BCUT2D eigenvalue weighted by molar-refractivity contribution is -0.0270. The van der Waals surface area contributed by atoms with Gasteiger partial charge in [-0.1, -0.05) is 0 Å². The van der Waals surface area contributed by atoms with Gasteiger partial charge in [0.15, 0.2) is 11.5 Å². The molecule has 0 unspecified atom stereocenters. The van der Waals surface area contributed by atoms with Crippen molar-refractivity contribution in [2.75, 3.05) is 20.8 Å². The van der Waals surface area contributed by atoms with Gasteiger partial charge in [0.2, 0.25) is 10.0 Å². The van der Waals surface area contributed by atoms with Crippen LogP contribution in [0.2, 0.25) is 0 Å². The van der Waals surface area contributed by atoms with Crippen LogP contribution in [0.25, 0.3) is 0 Å². The zero-order valence-electron chi connectivity index (χ0n) is 11.5. The molecule has 0 aromatic heterocycles. The maximum atomic E-state index is 12.2. The Morgan fingerprint density at radius 3 is 2.40 bits per heavy atom. The molecule has 0 amide bonds. The summed E-state index contributed by atoms with van der Waals surface area (Å²) < 4.78 is 36.9. The van der Waals surface area contributed by atoms with Crippen LogP contribution in [0.3, 0.4) is 0 Å². The molecule has 1 aromatic carbocycles. The summed E-state index contributed by atoms with van der Waals surface area (Å²) >= 11 is 0. The van der Waals surface area contributed by atoms with E-state index in [-0.39, 0.29) is 11.4 Å². The number of benzene rings is 1. The van der Waals surface area contributed by atoms with E-state index in [2.05, 4.69) is 4.72 Å². The highest BCUT2D eigenvalue weighted by Gasteiger charge is 2.35. The van der Waals surface area contributed by atoms with E-state index in [0.29, 0.717) is 24.3 Å². The fourth-order valence-corrected chi connectivity index (χ4v) is 3.19. The number of hydrogen-bond donors (Lipinski definition) is 2. The van der Waals surface area contributed by atoms with Crippen LogP contribution in [0.5, 0.6) is 11.5 Å². The summed E-state index contributed by atoms with van der Waals surface area (Å²) in [7, 11) is -0.747. The molecule has 1 aromatic rings. The first-order valence-corrected chi connectivity index (χ1v) is 7.83. The first kappa shape index (κ1) is 15.1. The molecule has 0 aliphatic heterocycles. The van der Waals surface area contributed by atoms with Crippen LogP contribution < -0.4 is 14.2 Å². The molecule has 7 heteroatoms. The van der Waals surface area contributed by atoms with Gasteiger partial charge in [0.1, 0.15) is 0 Å². The van der Waals surface area contributed by atoms with Gasteiger partial charge in [-0.25, -0.2) is 13.1 Å². The topological polar surface area (TPSA) is 84.9 Å². The minimum atomic E-state index is -3.67. The fraction of sp³-hybridized carbons (Fsp3) is 0.538. The SMILES string of the molecule is COc1ccc(S(=O)(=O)NCC2(O)CCC2)cc1OC. The van der Waals surface area contributed by atoms with Gasteiger partial charge in [-0.15, -0.1) is 0 Å². The Morgan fingerprint density at radius 1 is 1.25 bits per heavy atom. The molecule has 2 N–H and O–H groups in total. The number of sulfonamides is 1. The third kappa shape index (κ3) is 3.05. The maximum absolute atomic E-state index is 12.2. The molecule has 0 spiro atoms. The highest BCUT2D eigenvalue weighted by atomic mass is 32.2. The van der Waals surface area contributed by atoms with Crippen molar-refractivity contribution in [3.05, 3.63) is 18.2 Å². The van der Waals surface area contributed by atoms with Gasteiger partial charge in [0.25, 0.3) is 0 Å². The number of hydrogen-bond acceptors (Lipinski definition) is 5. The quantitative estimate of drug-likeness (QED) is 0.815. The number of nitrogens with one attached hydrogen (secondary N) is 1. The lowest BCUT2D eigenvalue weighted by atomic mass is 9.81. The molecule has 1 aliphatic rings. The van der Waals surface area contributed by atoms with Crippen LogP contribution in [0, 0.1) is 0 Å². The summed E-state index contributed by atoms with van der Waals surface area (Å²) in [6.07, 6.45) is 2.18. The van der Waals surface area contributed by atoms with Crippen molar-refractivity contribution >= 4 is 10.0 Å². The molecule has 1 saturated carbocycles. The van der Waals surface area contributed by atoms with Crippen molar-refractivity contribution in [1.82, 2.24) is 4.72 Å². The predicted octanol–water partition coefficient (Wildman–Crippen LogP) is 0.897. The van der Waals surface area contributed by atoms with Crippen molar-refractivity contribution in [1.29, 1.82) is 0 Å². The first-order chi connectivity index (χ1) is 9.40. The fourth-order valence-electron chi connectivity index (χ4n) is 2.06. The van der Waals surface area contributed by atoms with E-state index in [1.54, 1.807) is 0 Å². The summed E-state index contributed by atoms with van der Waals surface area (Å²) in [6.45, 7) is 0.0314. The van der Waals surface area contributed by atoms with Crippen LogP contribution in [0.4, 0.5) is 0 Å². The number of methoxy groups -OCH3 is 2. The monoisotopic (exact) mass is 301 g/mol. The molecule has 0 radical (unpaired) electrons. The maximum Gasteiger partial charge on any atom is 0.240 e. The second kappa shape index (κ2) is 5.59. The van der Waals surface area contributed by atoms with Crippen LogP contribution in [0.15, 0.2) is 23.1 Å². The summed E-state index contributed by atoms with van der Waals surface area (Å²) in [5, 5.41) is 9.93. The molecular formula is C13H19NO5S. The van der Waals surface area contributed by atoms with E-state index in [9.17, 15) is 13.5 Å². The molecule has 2 rings (SSSR count). The highest BCUT2D eigenvalue weighted by molar-refractivity contribution is 7.89. The molecule has 0 atom stereocenters. The lowest BCUT2D eigenvalue weighted by Crippen LogP contribution is -2.47. The number of aliphatic hydroxyl groups is 1. The Balaban J connectivity index is 2.16. The van der Waals surface area contributed by atoms with Gasteiger partial charge in [0.05, 0.1) is 24.7 Å². The van der Waals surface area contributed by atoms with E-state index < -0.39 is 15.6 Å². The van der Waals surface area contributed by atoms with Crippen LogP contribution in [-0.2, 0) is 10.0 Å². The average molecular weight is 301 g/mol. The van der Waals surface area contributed by atoms with Crippen molar-refractivity contribution in [2.24, 2.45) is 0 Å². The van der Waals surface area contributed by atoms with Gasteiger partial charge in [-0.05, 0) is 31.4 Å². The van der Waals surface area contributed by atoms with Crippen molar-refractivity contribution in [2.45, 2.75) is 29.8 Å². The van der Waals surface area contributed by atoms with Crippen molar-refractivity contribution in [3.8, 4) is 11.5 Å². The van der Waals surface area contributed by atoms with Crippen LogP contribution >= 0.6 is 0 Å². The van der Waals surface area contributed by atoms with Gasteiger partial charge < -0.3 is 14.6 Å².